The molecule has 2 N–H and O–H groups in total. The number of carbonyl (C=O) groups is 2. The molecule has 2 aromatic rings. The number of carbonyl (C=O) groups excluding carboxylic acids is 2. The molecule has 9 heteroatoms. The van der Waals surface area contributed by atoms with Crippen LogP contribution in [0, 0.1) is 0 Å². The predicted molar refractivity (Wildman–Crippen MR) is 109 cm³/mol. The lowest BCUT2D eigenvalue weighted by Crippen LogP contribution is -2.40. The molecule has 1 aromatic heterocycles. The quantitative estimate of drug-likeness (QED) is 0.360. The van der Waals surface area contributed by atoms with Crippen LogP contribution >= 0.6 is 11.8 Å². The maximum Gasteiger partial charge on any atom is 0.321 e. The number of imide groups is 1. The van der Waals surface area contributed by atoms with E-state index in [0.29, 0.717) is 24.1 Å². The van der Waals surface area contributed by atoms with Gasteiger partial charge in [-0.2, -0.15) is 0 Å². The van der Waals surface area contributed by atoms with E-state index in [1.54, 1.807) is 13.2 Å². The summed E-state index contributed by atoms with van der Waals surface area (Å²) in [7, 11) is 1.61. The summed E-state index contributed by atoms with van der Waals surface area (Å²) in [6, 6.07) is 7.00. The summed E-state index contributed by atoms with van der Waals surface area (Å²) < 4.78 is 7.04. The Morgan fingerprint density at radius 1 is 1.29 bits per heavy atom. The minimum atomic E-state index is -0.481. The molecule has 0 unspecified atom stereocenters. The Labute approximate surface area is 168 Å². The third-order valence-electron chi connectivity index (χ3n) is 3.78. The molecule has 0 atom stereocenters. The van der Waals surface area contributed by atoms with Gasteiger partial charge in [0.2, 0.25) is 5.91 Å². The number of benzene rings is 1. The van der Waals surface area contributed by atoms with Crippen LogP contribution in [0.2, 0.25) is 0 Å². The van der Waals surface area contributed by atoms with Gasteiger partial charge in [0.25, 0.3) is 0 Å². The fraction of sp³-hybridized carbons (Fsp3) is 0.368. The van der Waals surface area contributed by atoms with E-state index in [9.17, 15) is 9.59 Å². The highest BCUT2D eigenvalue weighted by Gasteiger charge is 2.16. The number of nitrogens with zero attached hydrogens (tertiary/aromatic N) is 3. The summed E-state index contributed by atoms with van der Waals surface area (Å²) in [4.78, 5) is 23.6. The molecule has 0 aliphatic carbocycles. The molecule has 0 bridgehead atoms. The van der Waals surface area contributed by atoms with E-state index >= 15 is 0 Å². The average molecular weight is 404 g/mol. The lowest BCUT2D eigenvalue weighted by atomic mass is 10.2. The SMILES string of the molecule is C=CCn1c(SCC(=O)NC(=O)NCCCC)nnc1-c1ccc(OC)cc1. The minimum Gasteiger partial charge on any atom is -0.497 e. The van der Waals surface area contributed by atoms with Crippen LogP contribution in [0.5, 0.6) is 5.75 Å². The number of hydrogen-bond donors (Lipinski definition) is 2. The van der Waals surface area contributed by atoms with Crippen molar-refractivity contribution in [2.75, 3.05) is 19.4 Å². The van der Waals surface area contributed by atoms with Crippen LogP contribution in [0.25, 0.3) is 11.4 Å². The van der Waals surface area contributed by atoms with Gasteiger partial charge in [0.05, 0.1) is 12.9 Å². The van der Waals surface area contributed by atoms with Gasteiger partial charge in [-0.3, -0.25) is 14.7 Å². The molecule has 8 nitrogen and oxygen atoms in total. The highest BCUT2D eigenvalue weighted by atomic mass is 32.2. The standard InChI is InChI=1S/C19H25N5O3S/c1-4-6-11-20-18(26)21-16(25)13-28-19-23-22-17(24(19)12-5-2)14-7-9-15(27-3)10-8-14/h5,7-10H,2,4,6,11-13H2,1,3H3,(H2,20,21,25,26). The summed E-state index contributed by atoms with van der Waals surface area (Å²) in [6.45, 7) is 6.84. The predicted octanol–water partition coefficient (Wildman–Crippen LogP) is 2.86. The van der Waals surface area contributed by atoms with E-state index in [2.05, 4.69) is 27.4 Å². The molecule has 150 valence electrons. The summed E-state index contributed by atoms with van der Waals surface area (Å²) in [5, 5.41) is 14.0. The number of ether oxygens (including phenoxy) is 1. The molecule has 1 aromatic carbocycles. The van der Waals surface area contributed by atoms with Crippen LogP contribution in [-0.4, -0.2) is 46.1 Å². The summed E-state index contributed by atoms with van der Waals surface area (Å²) in [5.41, 5.74) is 0.877. The van der Waals surface area contributed by atoms with Crippen molar-refractivity contribution in [3.63, 3.8) is 0 Å². The van der Waals surface area contributed by atoms with E-state index in [0.717, 1.165) is 24.2 Å². The molecule has 0 saturated carbocycles. The second-order valence-corrected chi connectivity index (χ2v) is 6.82. The Kier molecular flexibility index (Phi) is 8.54. The van der Waals surface area contributed by atoms with Crippen molar-refractivity contribution in [3.05, 3.63) is 36.9 Å². The summed E-state index contributed by atoms with van der Waals surface area (Å²) in [6.07, 6.45) is 3.58. The summed E-state index contributed by atoms with van der Waals surface area (Å²) >= 11 is 1.21. The van der Waals surface area contributed by atoms with Gasteiger partial charge in [0, 0.05) is 18.7 Å². The topological polar surface area (TPSA) is 98.1 Å². The molecule has 0 radical (unpaired) electrons. The third-order valence-corrected chi connectivity index (χ3v) is 4.74. The van der Waals surface area contributed by atoms with Crippen LogP contribution in [0.15, 0.2) is 42.1 Å². The Hall–Kier alpha value is -2.81. The fourth-order valence-corrected chi connectivity index (χ4v) is 3.11. The highest BCUT2D eigenvalue weighted by Crippen LogP contribution is 2.25. The number of rotatable bonds is 10. The number of allylic oxidation sites excluding steroid dienone is 1. The van der Waals surface area contributed by atoms with Gasteiger partial charge in [-0.15, -0.1) is 16.8 Å². The zero-order chi connectivity index (χ0) is 20.4. The molecule has 0 fully saturated rings. The van der Waals surface area contributed by atoms with Crippen molar-refractivity contribution in [2.24, 2.45) is 0 Å². The van der Waals surface area contributed by atoms with Gasteiger partial charge in [-0.1, -0.05) is 31.2 Å². The van der Waals surface area contributed by atoms with Gasteiger partial charge in [-0.25, -0.2) is 4.79 Å². The van der Waals surface area contributed by atoms with Gasteiger partial charge >= 0.3 is 6.03 Å². The van der Waals surface area contributed by atoms with E-state index < -0.39 is 11.9 Å². The minimum absolute atomic E-state index is 0.0546. The number of aromatic nitrogens is 3. The second-order valence-electron chi connectivity index (χ2n) is 5.88. The Morgan fingerprint density at radius 3 is 2.68 bits per heavy atom. The first-order chi connectivity index (χ1) is 13.6. The molecule has 3 amide bonds. The number of unbranched alkanes of at least 4 members (excludes halogenated alkanes) is 1. The Bertz CT molecular complexity index is 804. The van der Waals surface area contributed by atoms with Crippen LogP contribution in [0.4, 0.5) is 4.79 Å². The molecule has 1 heterocycles. The largest absolute Gasteiger partial charge is 0.497 e. The molecule has 0 aliphatic rings. The number of urea groups is 1. The normalized spacial score (nSPS) is 10.4. The second kappa shape index (κ2) is 11.1. The lowest BCUT2D eigenvalue weighted by Gasteiger charge is -2.09. The van der Waals surface area contributed by atoms with Gasteiger partial charge in [0.15, 0.2) is 11.0 Å². The van der Waals surface area contributed by atoms with Gasteiger partial charge in [-0.05, 0) is 30.7 Å². The number of nitrogens with one attached hydrogen (secondary N) is 2. The Balaban J connectivity index is 2.01. The first-order valence-corrected chi connectivity index (χ1v) is 9.96. The van der Waals surface area contributed by atoms with Crippen molar-refractivity contribution in [1.29, 1.82) is 0 Å². The van der Waals surface area contributed by atoms with Crippen molar-refractivity contribution >= 4 is 23.7 Å². The number of methoxy groups -OCH3 is 1. The van der Waals surface area contributed by atoms with Crippen molar-refractivity contribution < 1.29 is 14.3 Å². The molecule has 0 saturated heterocycles. The monoisotopic (exact) mass is 403 g/mol. The zero-order valence-electron chi connectivity index (χ0n) is 16.1. The fourth-order valence-electron chi connectivity index (χ4n) is 2.36. The third kappa shape index (κ3) is 6.12. The maximum absolute atomic E-state index is 12.0. The van der Waals surface area contributed by atoms with Crippen LogP contribution in [0.1, 0.15) is 19.8 Å². The number of hydrogen-bond acceptors (Lipinski definition) is 6. The van der Waals surface area contributed by atoms with Crippen LogP contribution in [-0.2, 0) is 11.3 Å². The van der Waals surface area contributed by atoms with Crippen LogP contribution < -0.4 is 15.4 Å². The molecule has 0 aliphatic heterocycles. The molecule has 2 rings (SSSR count). The number of thioether (sulfide) groups is 1. The van der Waals surface area contributed by atoms with Crippen molar-refractivity contribution in [1.82, 2.24) is 25.4 Å². The van der Waals surface area contributed by atoms with E-state index in [1.165, 1.54) is 11.8 Å². The molecular formula is C19H25N5O3S. The van der Waals surface area contributed by atoms with Crippen molar-refractivity contribution in [2.45, 2.75) is 31.5 Å². The van der Waals surface area contributed by atoms with Crippen molar-refractivity contribution in [3.8, 4) is 17.1 Å². The Morgan fingerprint density at radius 2 is 2.04 bits per heavy atom. The van der Waals surface area contributed by atoms with Gasteiger partial charge in [0.1, 0.15) is 5.75 Å². The highest BCUT2D eigenvalue weighted by molar-refractivity contribution is 7.99. The smallest absolute Gasteiger partial charge is 0.321 e. The van der Waals surface area contributed by atoms with E-state index in [-0.39, 0.29) is 5.75 Å². The molecular weight excluding hydrogens is 378 g/mol. The zero-order valence-corrected chi connectivity index (χ0v) is 16.9. The van der Waals surface area contributed by atoms with Gasteiger partial charge < -0.3 is 10.1 Å². The molecule has 28 heavy (non-hydrogen) atoms. The van der Waals surface area contributed by atoms with E-state index in [4.69, 9.17) is 4.74 Å². The number of amides is 3. The first-order valence-electron chi connectivity index (χ1n) is 8.98. The van der Waals surface area contributed by atoms with E-state index in [1.807, 2.05) is 35.8 Å². The summed E-state index contributed by atoms with van der Waals surface area (Å²) in [5.74, 6) is 1.09. The maximum atomic E-state index is 12.0. The molecule has 0 spiro atoms. The lowest BCUT2D eigenvalue weighted by molar-refractivity contribution is -0.117. The first kappa shape index (κ1) is 21.5. The average Bonchev–Trinajstić information content (AvgIpc) is 3.09. The van der Waals surface area contributed by atoms with Crippen LogP contribution in [0.3, 0.4) is 0 Å².